The van der Waals surface area contributed by atoms with E-state index in [4.69, 9.17) is 0 Å². The summed E-state index contributed by atoms with van der Waals surface area (Å²) in [4.78, 5) is 32.5. The van der Waals surface area contributed by atoms with E-state index < -0.39 is 39.7 Å². The molecule has 9 heteroatoms. The first-order chi connectivity index (χ1) is 9.66. The Balaban J connectivity index is 3.26. The van der Waals surface area contributed by atoms with Crippen molar-refractivity contribution >= 4 is 23.1 Å². The van der Waals surface area contributed by atoms with E-state index in [1.165, 1.54) is 0 Å². The lowest BCUT2D eigenvalue weighted by Crippen LogP contribution is -2.25. The molecule has 0 bridgehead atoms. The van der Waals surface area contributed by atoms with Gasteiger partial charge < -0.3 is 5.32 Å². The van der Waals surface area contributed by atoms with Gasteiger partial charge in [-0.05, 0) is 12.5 Å². The van der Waals surface area contributed by atoms with Gasteiger partial charge >= 0.3 is 6.18 Å². The van der Waals surface area contributed by atoms with Gasteiger partial charge in [-0.1, -0.05) is 6.92 Å². The molecule has 0 heterocycles. The van der Waals surface area contributed by atoms with Gasteiger partial charge in [0, 0.05) is 18.6 Å². The monoisotopic (exact) mass is 304 g/mol. The quantitative estimate of drug-likeness (QED) is 0.514. The third-order valence-electron chi connectivity index (χ3n) is 2.47. The second-order valence-corrected chi connectivity index (χ2v) is 4.11. The number of anilines is 1. The van der Waals surface area contributed by atoms with Crippen molar-refractivity contribution in [2.45, 2.75) is 25.9 Å². The highest BCUT2D eigenvalue weighted by atomic mass is 19.4. The molecule has 0 saturated heterocycles. The second-order valence-electron chi connectivity index (χ2n) is 4.11. The summed E-state index contributed by atoms with van der Waals surface area (Å²) in [6.45, 7) is 1.68. The third-order valence-corrected chi connectivity index (χ3v) is 2.47. The number of rotatable bonds is 5. The van der Waals surface area contributed by atoms with E-state index in [-0.39, 0.29) is 6.42 Å². The molecule has 0 aliphatic carbocycles. The fourth-order valence-electron chi connectivity index (χ4n) is 1.54. The number of carbonyl (C=O) groups excluding carboxylic acids is 2. The Hall–Kier alpha value is -2.45. The van der Waals surface area contributed by atoms with Crippen molar-refractivity contribution in [3.63, 3.8) is 0 Å². The largest absolute Gasteiger partial charge is 0.454 e. The standard InChI is InChI=1S/C12H11F3N2O4/c1-2-3-10(18)16-9-6-7(17(20)21)4-5-8(9)11(19)12(13,14)15/h4-6H,2-3H2,1H3,(H,16,18). The minimum absolute atomic E-state index is 0.0162. The number of nitrogens with zero attached hydrogens (tertiary/aromatic N) is 1. The van der Waals surface area contributed by atoms with Gasteiger partial charge in [0.1, 0.15) is 0 Å². The van der Waals surface area contributed by atoms with Crippen molar-refractivity contribution in [3.05, 3.63) is 33.9 Å². The van der Waals surface area contributed by atoms with Crippen LogP contribution in [0.2, 0.25) is 0 Å². The Morgan fingerprint density at radius 1 is 1.33 bits per heavy atom. The molecule has 0 aliphatic rings. The molecule has 0 aliphatic heterocycles. The van der Waals surface area contributed by atoms with Gasteiger partial charge in [0.05, 0.1) is 16.2 Å². The van der Waals surface area contributed by atoms with Gasteiger partial charge in [-0.2, -0.15) is 13.2 Å². The summed E-state index contributed by atoms with van der Waals surface area (Å²) in [6, 6.07) is 2.18. The molecule has 0 saturated carbocycles. The minimum Gasteiger partial charge on any atom is -0.325 e. The number of nitro benzene ring substituents is 1. The molecule has 1 aromatic rings. The summed E-state index contributed by atoms with van der Waals surface area (Å²) in [5, 5.41) is 12.7. The highest BCUT2D eigenvalue weighted by Crippen LogP contribution is 2.29. The van der Waals surface area contributed by atoms with Crippen LogP contribution in [-0.4, -0.2) is 22.8 Å². The smallest absolute Gasteiger partial charge is 0.325 e. The third kappa shape index (κ3) is 4.26. The molecule has 0 unspecified atom stereocenters. The zero-order chi connectivity index (χ0) is 16.2. The van der Waals surface area contributed by atoms with Crippen LogP contribution in [-0.2, 0) is 4.79 Å². The van der Waals surface area contributed by atoms with Crippen molar-refractivity contribution < 1.29 is 27.7 Å². The number of ketones is 1. The number of benzene rings is 1. The topological polar surface area (TPSA) is 89.3 Å². The van der Waals surface area contributed by atoms with Crippen molar-refractivity contribution in [3.8, 4) is 0 Å². The summed E-state index contributed by atoms with van der Waals surface area (Å²) in [5.74, 6) is -2.81. The molecule has 21 heavy (non-hydrogen) atoms. The van der Waals surface area contributed by atoms with Crippen LogP contribution >= 0.6 is 0 Å². The van der Waals surface area contributed by atoms with E-state index in [0.29, 0.717) is 12.5 Å². The first kappa shape index (κ1) is 16.6. The second kappa shape index (κ2) is 6.33. The number of halogens is 3. The number of Topliss-reactive ketones (excluding diaryl/α,β-unsaturated/α-hetero) is 1. The molecular weight excluding hydrogens is 293 g/mol. The van der Waals surface area contributed by atoms with E-state index in [1.807, 2.05) is 0 Å². The zero-order valence-corrected chi connectivity index (χ0v) is 10.9. The fraction of sp³-hybridized carbons (Fsp3) is 0.333. The molecule has 114 valence electrons. The molecule has 6 nitrogen and oxygen atoms in total. The first-order valence-corrected chi connectivity index (χ1v) is 5.86. The average molecular weight is 304 g/mol. The van der Waals surface area contributed by atoms with Crippen molar-refractivity contribution in [2.75, 3.05) is 5.32 Å². The molecule has 1 rings (SSSR count). The number of amides is 1. The van der Waals surface area contributed by atoms with E-state index in [1.54, 1.807) is 6.92 Å². The van der Waals surface area contributed by atoms with Crippen LogP contribution in [0.25, 0.3) is 0 Å². The van der Waals surface area contributed by atoms with Crippen LogP contribution < -0.4 is 5.32 Å². The number of nitro groups is 1. The number of alkyl halides is 3. The van der Waals surface area contributed by atoms with Crippen LogP contribution in [0.15, 0.2) is 18.2 Å². The molecule has 0 aromatic heterocycles. The van der Waals surface area contributed by atoms with Crippen LogP contribution in [0.3, 0.4) is 0 Å². The summed E-state index contributed by atoms with van der Waals surface area (Å²) >= 11 is 0. The Morgan fingerprint density at radius 3 is 2.43 bits per heavy atom. The van der Waals surface area contributed by atoms with E-state index in [0.717, 1.165) is 12.1 Å². The number of hydrogen-bond donors (Lipinski definition) is 1. The summed E-state index contributed by atoms with van der Waals surface area (Å²) < 4.78 is 37.4. The predicted molar refractivity (Wildman–Crippen MR) is 67.0 cm³/mol. The lowest BCUT2D eigenvalue weighted by molar-refractivity contribution is -0.384. The van der Waals surface area contributed by atoms with Gasteiger partial charge in [0.2, 0.25) is 5.91 Å². The zero-order valence-electron chi connectivity index (χ0n) is 10.9. The lowest BCUT2D eigenvalue weighted by Gasteiger charge is -2.11. The molecule has 0 atom stereocenters. The van der Waals surface area contributed by atoms with E-state index >= 15 is 0 Å². The Bertz CT molecular complexity index is 584. The average Bonchev–Trinajstić information content (AvgIpc) is 2.36. The van der Waals surface area contributed by atoms with Gasteiger partial charge in [-0.15, -0.1) is 0 Å². The fourth-order valence-corrected chi connectivity index (χ4v) is 1.54. The van der Waals surface area contributed by atoms with Crippen LogP contribution in [0.4, 0.5) is 24.5 Å². The van der Waals surface area contributed by atoms with Gasteiger partial charge in [0.15, 0.2) is 0 Å². The predicted octanol–water partition coefficient (Wildman–Crippen LogP) is 3.08. The van der Waals surface area contributed by atoms with Crippen molar-refractivity contribution in [1.29, 1.82) is 0 Å². The highest BCUT2D eigenvalue weighted by Gasteiger charge is 2.40. The maximum Gasteiger partial charge on any atom is 0.454 e. The number of nitrogens with one attached hydrogen (secondary N) is 1. The van der Waals surface area contributed by atoms with E-state index in [9.17, 15) is 32.9 Å². The number of carbonyl (C=O) groups is 2. The molecule has 0 fully saturated rings. The highest BCUT2D eigenvalue weighted by molar-refractivity contribution is 6.07. The maximum atomic E-state index is 12.5. The van der Waals surface area contributed by atoms with Gasteiger partial charge in [-0.3, -0.25) is 19.7 Å². The van der Waals surface area contributed by atoms with E-state index in [2.05, 4.69) is 5.32 Å². The summed E-state index contributed by atoms with van der Waals surface area (Å²) in [5.41, 5.74) is -1.89. The molecular formula is C12H11F3N2O4. The number of non-ortho nitro benzene ring substituents is 1. The van der Waals surface area contributed by atoms with Crippen molar-refractivity contribution in [2.24, 2.45) is 0 Å². The molecule has 1 N–H and O–H groups in total. The van der Waals surface area contributed by atoms with Gasteiger partial charge in [-0.25, -0.2) is 0 Å². The lowest BCUT2D eigenvalue weighted by atomic mass is 10.1. The van der Waals surface area contributed by atoms with Gasteiger partial charge in [0.25, 0.3) is 11.5 Å². The SMILES string of the molecule is CCCC(=O)Nc1cc([N+](=O)[O-])ccc1C(=O)C(F)(F)F. The van der Waals surface area contributed by atoms with Crippen LogP contribution in [0.1, 0.15) is 30.1 Å². The summed E-state index contributed by atoms with van der Waals surface area (Å²) in [6.07, 6.45) is -4.69. The minimum atomic E-state index is -5.14. The number of hydrogen-bond acceptors (Lipinski definition) is 4. The van der Waals surface area contributed by atoms with Crippen molar-refractivity contribution in [1.82, 2.24) is 0 Å². The van der Waals surface area contributed by atoms with Crippen LogP contribution in [0.5, 0.6) is 0 Å². The Morgan fingerprint density at radius 2 is 1.95 bits per heavy atom. The Kier molecular flexibility index (Phi) is 5.01. The molecule has 0 spiro atoms. The molecule has 1 aromatic carbocycles. The molecule has 1 amide bonds. The molecule has 0 radical (unpaired) electrons. The Labute approximate surface area is 117 Å². The first-order valence-electron chi connectivity index (χ1n) is 5.86. The summed E-state index contributed by atoms with van der Waals surface area (Å²) in [7, 11) is 0. The maximum absolute atomic E-state index is 12.5. The van der Waals surface area contributed by atoms with Crippen LogP contribution in [0, 0.1) is 10.1 Å². The normalized spacial score (nSPS) is 11.0.